The highest BCUT2D eigenvalue weighted by Crippen LogP contribution is 2.33. The molecule has 136 valence electrons. The first-order valence-corrected chi connectivity index (χ1v) is 8.65. The fourth-order valence-electron chi connectivity index (χ4n) is 3.24. The summed E-state index contributed by atoms with van der Waals surface area (Å²) in [5, 5.41) is 11.9. The minimum atomic E-state index is -0.462. The number of rotatable bonds is 3. The second-order valence-corrected chi connectivity index (χ2v) is 6.42. The summed E-state index contributed by atoms with van der Waals surface area (Å²) >= 11 is 0. The number of ether oxygens (including phenoxy) is 2. The predicted octanol–water partition coefficient (Wildman–Crippen LogP) is 2.32. The van der Waals surface area contributed by atoms with E-state index >= 15 is 0 Å². The summed E-state index contributed by atoms with van der Waals surface area (Å²) in [6.07, 6.45) is 0.132. The maximum Gasteiger partial charge on any atom is 0.229 e. The van der Waals surface area contributed by atoms with Crippen LogP contribution in [0.1, 0.15) is 12.0 Å². The highest BCUT2D eigenvalue weighted by atomic mass is 16.6. The van der Waals surface area contributed by atoms with Gasteiger partial charge in [-0.25, -0.2) is 0 Å². The smallest absolute Gasteiger partial charge is 0.229 e. The lowest BCUT2D eigenvalue weighted by molar-refractivity contribution is -0.122. The van der Waals surface area contributed by atoms with E-state index < -0.39 is 5.92 Å². The quantitative estimate of drug-likeness (QED) is 0.904. The first-order chi connectivity index (χ1) is 13.1. The van der Waals surface area contributed by atoms with Crippen molar-refractivity contribution in [2.24, 2.45) is 5.92 Å². The standard InChI is InChI=1S/C20H17N3O4/c21-11-13-2-1-3-16(8-13)23-12-14(9-19(23)24)20(25)22-15-4-5-17-18(10-15)27-7-6-26-17/h1-5,8,10,14H,6-7,9,12H2,(H,22,25). The maximum absolute atomic E-state index is 12.6. The maximum atomic E-state index is 12.6. The third kappa shape index (κ3) is 3.42. The van der Waals surface area contributed by atoms with Crippen LogP contribution < -0.4 is 19.7 Å². The van der Waals surface area contributed by atoms with Gasteiger partial charge in [0.1, 0.15) is 13.2 Å². The van der Waals surface area contributed by atoms with Crippen molar-refractivity contribution in [2.45, 2.75) is 6.42 Å². The molecule has 1 N–H and O–H groups in total. The van der Waals surface area contributed by atoms with Gasteiger partial charge in [-0.1, -0.05) is 6.07 Å². The lowest BCUT2D eigenvalue weighted by atomic mass is 10.1. The van der Waals surface area contributed by atoms with E-state index in [1.807, 2.05) is 0 Å². The third-order valence-corrected chi connectivity index (χ3v) is 4.59. The molecule has 0 aromatic heterocycles. The summed E-state index contributed by atoms with van der Waals surface area (Å²) in [4.78, 5) is 26.5. The molecule has 2 amide bonds. The molecule has 0 aliphatic carbocycles. The second kappa shape index (κ2) is 7.00. The van der Waals surface area contributed by atoms with E-state index in [4.69, 9.17) is 14.7 Å². The Morgan fingerprint density at radius 1 is 1.15 bits per heavy atom. The van der Waals surface area contributed by atoms with Gasteiger partial charge in [-0.05, 0) is 30.3 Å². The third-order valence-electron chi connectivity index (χ3n) is 4.59. The van der Waals surface area contributed by atoms with E-state index in [-0.39, 0.29) is 24.8 Å². The van der Waals surface area contributed by atoms with Crippen molar-refractivity contribution in [3.63, 3.8) is 0 Å². The molecule has 0 spiro atoms. The number of hydrogen-bond donors (Lipinski definition) is 1. The highest BCUT2D eigenvalue weighted by Gasteiger charge is 2.35. The van der Waals surface area contributed by atoms with Crippen LogP contribution in [0, 0.1) is 17.2 Å². The van der Waals surface area contributed by atoms with Crippen LogP contribution >= 0.6 is 0 Å². The summed E-state index contributed by atoms with van der Waals surface area (Å²) in [6, 6.07) is 14.1. The molecule has 2 aromatic rings. The lowest BCUT2D eigenvalue weighted by Gasteiger charge is -2.19. The summed E-state index contributed by atoms with van der Waals surface area (Å²) in [7, 11) is 0. The average Bonchev–Trinajstić information content (AvgIpc) is 3.10. The van der Waals surface area contributed by atoms with E-state index in [2.05, 4.69) is 11.4 Å². The SMILES string of the molecule is N#Cc1cccc(N2CC(C(=O)Nc3ccc4c(c3)OCCO4)CC2=O)c1. The second-order valence-electron chi connectivity index (χ2n) is 6.42. The Morgan fingerprint density at radius 3 is 2.78 bits per heavy atom. The molecule has 1 saturated heterocycles. The van der Waals surface area contributed by atoms with E-state index in [0.717, 1.165) is 0 Å². The van der Waals surface area contributed by atoms with E-state index in [1.165, 1.54) is 0 Å². The zero-order chi connectivity index (χ0) is 18.8. The van der Waals surface area contributed by atoms with Gasteiger partial charge >= 0.3 is 0 Å². The molecule has 27 heavy (non-hydrogen) atoms. The zero-order valence-electron chi connectivity index (χ0n) is 14.5. The normalized spacial score (nSPS) is 18.1. The molecule has 2 aromatic carbocycles. The van der Waals surface area contributed by atoms with Gasteiger partial charge in [0.25, 0.3) is 0 Å². The predicted molar refractivity (Wildman–Crippen MR) is 97.7 cm³/mol. The molecule has 1 unspecified atom stereocenters. The van der Waals surface area contributed by atoms with Gasteiger partial charge in [0.05, 0.1) is 17.6 Å². The zero-order valence-corrected chi connectivity index (χ0v) is 14.5. The number of hydrogen-bond acceptors (Lipinski definition) is 5. The van der Waals surface area contributed by atoms with Gasteiger partial charge in [-0.15, -0.1) is 0 Å². The summed E-state index contributed by atoms with van der Waals surface area (Å²) < 4.78 is 11.0. The number of amides is 2. The summed E-state index contributed by atoms with van der Waals surface area (Å²) in [5.74, 6) is 0.429. The number of fused-ring (bicyclic) bond motifs is 1. The lowest BCUT2D eigenvalue weighted by Crippen LogP contribution is -2.28. The number of carbonyl (C=O) groups is 2. The van der Waals surface area contributed by atoms with Crippen molar-refractivity contribution in [3.05, 3.63) is 48.0 Å². The van der Waals surface area contributed by atoms with E-state index in [1.54, 1.807) is 47.4 Å². The Bertz CT molecular complexity index is 950. The van der Waals surface area contributed by atoms with Crippen molar-refractivity contribution in [1.29, 1.82) is 5.26 Å². The molecule has 7 nitrogen and oxygen atoms in total. The molecule has 2 heterocycles. The molecular formula is C20H17N3O4. The Morgan fingerprint density at radius 2 is 1.96 bits per heavy atom. The number of benzene rings is 2. The van der Waals surface area contributed by atoms with Crippen LogP contribution in [-0.4, -0.2) is 31.6 Å². The number of carbonyl (C=O) groups excluding carboxylic acids is 2. The molecular weight excluding hydrogens is 346 g/mol. The average molecular weight is 363 g/mol. The molecule has 1 fully saturated rings. The van der Waals surface area contributed by atoms with Crippen LogP contribution in [0.2, 0.25) is 0 Å². The highest BCUT2D eigenvalue weighted by molar-refractivity contribution is 6.03. The molecule has 7 heteroatoms. The Hall–Kier alpha value is -3.53. The monoisotopic (exact) mass is 363 g/mol. The van der Waals surface area contributed by atoms with Crippen LogP contribution in [0.4, 0.5) is 11.4 Å². The van der Waals surface area contributed by atoms with Gasteiger partial charge in [-0.2, -0.15) is 5.26 Å². The Balaban J connectivity index is 1.45. The number of anilines is 2. The minimum absolute atomic E-state index is 0.132. The largest absolute Gasteiger partial charge is 0.486 e. The van der Waals surface area contributed by atoms with Crippen LogP contribution in [0.15, 0.2) is 42.5 Å². The Labute approximate surface area is 156 Å². The summed E-state index contributed by atoms with van der Waals surface area (Å²) in [6.45, 7) is 1.26. The fourth-order valence-corrected chi connectivity index (χ4v) is 3.24. The van der Waals surface area contributed by atoms with Crippen molar-refractivity contribution >= 4 is 23.2 Å². The fraction of sp³-hybridized carbons (Fsp3) is 0.250. The van der Waals surface area contributed by atoms with Crippen LogP contribution in [0.25, 0.3) is 0 Å². The topological polar surface area (TPSA) is 91.7 Å². The molecule has 0 saturated carbocycles. The molecule has 1 atom stereocenters. The minimum Gasteiger partial charge on any atom is -0.486 e. The van der Waals surface area contributed by atoms with Crippen molar-refractivity contribution in [1.82, 2.24) is 0 Å². The van der Waals surface area contributed by atoms with Crippen molar-refractivity contribution < 1.29 is 19.1 Å². The Kier molecular flexibility index (Phi) is 4.38. The molecule has 2 aliphatic rings. The van der Waals surface area contributed by atoms with E-state index in [9.17, 15) is 9.59 Å². The van der Waals surface area contributed by atoms with Crippen LogP contribution in [0.5, 0.6) is 11.5 Å². The van der Waals surface area contributed by atoms with Crippen LogP contribution in [0.3, 0.4) is 0 Å². The molecule has 4 rings (SSSR count). The number of nitrogens with zero attached hydrogens (tertiary/aromatic N) is 2. The van der Waals surface area contributed by atoms with Gasteiger partial charge in [0, 0.05) is 30.4 Å². The van der Waals surface area contributed by atoms with Crippen molar-refractivity contribution in [3.8, 4) is 17.6 Å². The first-order valence-electron chi connectivity index (χ1n) is 8.65. The molecule has 0 radical (unpaired) electrons. The van der Waals surface area contributed by atoms with E-state index in [0.29, 0.717) is 41.7 Å². The van der Waals surface area contributed by atoms with Crippen LogP contribution in [-0.2, 0) is 9.59 Å². The molecule has 0 bridgehead atoms. The van der Waals surface area contributed by atoms with Gasteiger partial charge < -0.3 is 19.7 Å². The first kappa shape index (κ1) is 16.9. The van der Waals surface area contributed by atoms with Crippen molar-refractivity contribution in [2.75, 3.05) is 30.0 Å². The van der Waals surface area contributed by atoms with Gasteiger partial charge in [0.15, 0.2) is 11.5 Å². The summed E-state index contributed by atoms with van der Waals surface area (Å²) in [5.41, 5.74) is 1.71. The molecule has 2 aliphatic heterocycles. The van der Waals surface area contributed by atoms with Gasteiger partial charge in [0.2, 0.25) is 11.8 Å². The number of nitriles is 1. The van der Waals surface area contributed by atoms with Gasteiger partial charge in [-0.3, -0.25) is 9.59 Å². The number of nitrogens with one attached hydrogen (secondary N) is 1.